The number of amides is 2. The first-order valence-corrected chi connectivity index (χ1v) is 10.8. The number of nitrogens with zero attached hydrogens (tertiary/aromatic N) is 2. The minimum absolute atomic E-state index is 0.0358. The average molecular weight is 403 g/mol. The van der Waals surface area contributed by atoms with Gasteiger partial charge in [-0.2, -0.15) is 0 Å². The lowest BCUT2D eigenvalue weighted by atomic mass is 10.0. The Balaban J connectivity index is 2.32. The van der Waals surface area contributed by atoms with Crippen molar-refractivity contribution >= 4 is 23.2 Å². The third-order valence-corrected chi connectivity index (χ3v) is 5.11. The number of hydrogen-bond acceptors (Lipinski definition) is 5. The van der Waals surface area contributed by atoms with E-state index in [1.807, 2.05) is 29.5 Å². The van der Waals surface area contributed by atoms with E-state index in [9.17, 15) is 9.59 Å². The van der Waals surface area contributed by atoms with Crippen molar-refractivity contribution in [2.24, 2.45) is 0 Å². The van der Waals surface area contributed by atoms with Crippen LogP contribution in [0.4, 0.5) is 0 Å². The standard InChI is InChI=1S/C21H30N4O2S/c1-4-10-25(11-5-2)21(27)18-14-16(19(26)23-8-6-7-22-3)13-17(15-18)20-24-9-12-28-20/h9,12-15,22H,4-8,10-11H2,1-3H3,(H,23,26). The maximum Gasteiger partial charge on any atom is 0.253 e. The molecule has 2 aromatic rings. The van der Waals surface area contributed by atoms with E-state index < -0.39 is 0 Å². The van der Waals surface area contributed by atoms with Gasteiger partial charge in [0.25, 0.3) is 11.8 Å². The first kappa shape index (κ1) is 22.0. The second kappa shape index (κ2) is 11.6. The number of thiazole rings is 1. The molecule has 0 bridgehead atoms. The van der Waals surface area contributed by atoms with Crippen molar-refractivity contribution in [2.45, 2.75) is 33.1 Å². The molecule has 0 atom stereocenters. The summed E-state index contributed by atoms with van der Waals surface area (Å²) in [6.07, 6.45) is 4.38. The zero-order chi connectivity index (χ0) is 20.4. The molecule has 1 aromatic carbocycles. The molecule has 0 fully saturated rings. The van der Waals surface area contributed by atoms with E-state index in [4.69, 9.17) is 0 Å². The van der Waals surface area contributed by atoms with Crippen LogP contribution < -0.4 is 10.6 Å². The first-order chi connectivity index (χ1) is 13.6. The number of nitrogens with one attached hydrogen (secondary N) is 2. The molecule has 0 saturated heterocycles. The summed E-state index contributed by atoms with van der Waals surface area (Å²) in [5.74, 6) is -0.201. The van der Waals surface area contributed by atoms with Gasteiger partial charge in [0, 0.05) is 47.9 Å². The molecule has 0 radical (unpaired) electrons. The van der Waals surface area contributed by atoms with E-state index in [-0.39, 0.29) is 11.8 Å². The Bertz CT molecular complexity index is 756. The molecule has 0 aliphatic rings. The van der Waals surface area contributed by atoms with Crippen LogP contribution >= 0.6 is 11.3 Å². The van der Waals surface area contributed by atoms with Gasteiger partial charge in [0.15, 0.2) is 0 Å². The van der Waals surface area contributed by atoms with E-state index in [1.165, 1.54) is 11.3 Å². The highest BCUT2D eigenvalue weighted by Crippen LogP contribution is 2.25. The van der Waals surface area contributed by atoms with Crippen molar-refractivity contribution in [3.8, 4) is 10.6 Å². The van der Waals surface area contributed by atoms with Gasteiger partial charge >= 0.3 is 0 Å². The number of benzene rings is 1. The van der Waals surface area contributed by atoms with Gasteiger partial charge in [-0.05, 0) is 51.1 Å². The lowest BCUT2D eigenvalue weighted by Crippen LogP contribution is -2.33. The lowest BCUT2D eigenvalue weighted by Gasteiger charge is -2.22. The van der Waals surface area contributed by atoms with Crippen molar-refractivity contribution in [3.05, 3.63) is 40.9 Å². The number of aromatic nitrogens is 1. The lowest BCUT2D eigenvalue weighted by molar-refractivity contribution is 0.0755. The van der Waals surface area contributed by atoms with Gasteiger partial charge in [0.2, 0.25) is 0 Å². The summed E-state index contributed by atoms with van der Waals surface area (Å²) in [6.45, 7) is 6.96. The Morgan fingerprint density at radius 1 is 1.07 bits per heavy atom. The maximum absolute atomic E-state index is 13.1. The molecule has 1 heterocycles. The fourth-order valence-corrected chi connectivity index (χ4v) is 3.60. The molecule has 0 saturated carbocycles. The van der Waals surface area contributed by atoms with Crippen LogP contribution in [-0.2, 0) is 0 Å². The van der Waals surface area contributed by atoms with Gasteiger partial charge in [-0.1, -0.05) is 13.8 Å². The monoisotopic (exact) mass is 402 g/mol. The SMILES string of the molecule is CCCN(CCC)C(=O)c1cc(C(=O)NCCCNC)cc(-c2nccs2)c1. The van der Waals surface area contributed by atoms with Gasteiger partial charge in [-0.15, -0.1) is 11.3 Å². The first-order valence-electron chi connectivity index (χ1n) is 9.87. The Morgan fingerprint density at radius 2 is 1.79 bits per heavy atom. The second-order valence-corrected chi connectivity index (χ2v) is 7.54. The van der Waals surface area contributed by atoms with Crippen LogP contribution in [0.1, 0.15) is 53.8 Å². The van der Waals surface area contributed by atoms with Gasteiger partial charge in [-0.25, -0.2) is 4.98 Å². The number of rotatable bonds is 11. The molecular weight excluding hydrogens is 372 g/mol. The van der Waals surface area contributed by atoms with Crippen LogP contribution in [-0.4, -0.2) is 54.9 Å². The number of carbonyl (C=O) groups excluding carboxylic acids is 2. The summed E-state index contributed by atoms with van der Waals surface area (Å²) in [5, 5.41) is 8.68. The van der Waals surface area contributed by atoms with E-state index in [0.29, 0.717) is 30.8 Å². The highest BCUT2D eigenvalue weighted by Gasteiger charge is 2.19. The van der Waals surface area contributed by atoms with Gasteiger partial charge in [-0.3, -0.25) is 9.59 Å². The van der Waals surface area contributed by atoms with Gasteiger partial charge in [0.1, 0.15) is 5.01 Å². The number of hydrogen-bond donors (Lipinski definition) is 2. The molecule has 7 heteroatoms. The van der Waals surface area contributed by atoms with Crippen LogP contribution in [0.2, 0.25) is 0 Å². The van der Waals surface area contributed by atoms with Gasteiger partial charge in [0.05, 0.1) is 0 Å². The molecule has 2 rings (SSSR count). The van der Waals surface area contributed by atoms with E-state index in [0.717, 1.165) is 36.4 Å². The Morgan fingerprint density at radius 3 is 2.39 bits per heavy atom. The smallest absolute Gasteiger partial charge is 0.253 e. The third kappa shape index (κ3) is 6.14. The molecule has 0 aliphatic carbocycles. The largest absolute Gasteiger partial charge is 0.352 e. The topological polar surface area (TPSA) is 74.3 Å². The van der Waals surface area contributed by atoms with Gasteiger partial charge < -0.3 is 15.5 Å². The predicted molar refractivity (Wildman–Crippen MR) is 115 cm³/mol. The summed E-state index contributed by atoms with van der Waals surface area (Å²) in [7, 11) is 1.88. The normalized spacial score (nSPS) is 10.7. The molecule has 0 aliphatic heterocycles. The zero-order valence-corrected chi connectivity index (χ0v) is 17.8. The van der Waals surface area contributed by atoms with E-state index in [2.05, 4.69) is 29.5 Å². The van der Waals surface area contributed by atoms with Crippen LogP contribution in [0, 0.1) is 0 Å². The average Bonchev–Trinajstić information content (AvgIpc) is 3.25. The van der Waals surface area contributed by atoms with E-state index >= 15 is 0 Å². The van der Waals surface area contributed by atoms with Crippen molar-refractivity contribution in [1.29, 1.82) is 0 Å². The molecule has 1 aromatic heterocycles. The minimum Gasteiger partial charge on any atom is -0.352 e. The molecule has 0 spiro atoms. The van der Waals surface area contributed by atoms with Crippen LogP contribution in [0.3, 0.4) is 0 Å². The second-order valence-electron chi connectivity index (χ2n) is 6.64. The van der Waals surface area contributed by atoms with Crippen LogP contribution in [0.15, 0.2) is 29.8 Å². The third-order valence-electron chi connectivity index (χ3n) is 4.28. The Hall–Kier alpha value is -2.25. The molecule has 0 unspecified atom stereocenters. The zero-order valence-electron chi connectivity index (χ0n) is 17.0. The van der Waals surface area contributed by atoms with Crippen molar-refractivity contribution < 1.29 is 9.59 Å². The summed E-state index contributed by atoms with van der Waals surface area (Å²) in [4.78, 5) is 31.9. The highest BCUT2D eigenvalue weighted by atomic mass is 32.1. The Labute approximate surface area is 171 Å². The van der Waals surface area contributed by atoms with Crippen molar-refractivity contribution in [3.63, 3.8) is 0 Å². The molecule has 6 nitrogen and oxygen atoms in total. The molecule has 152 valence electrons. The summed E-state index contributed by atoms with van der Waals surface area (Å²) in [5.41, 5.74) is 1.83. The molecule has 28 heavy (non-hydrogen) atoms. The Kier molecular flexibility index (Phi) is 9.10. The van der Waals surface area contributed by atoms with Crippen molar-refractivity contribution in [1.82, 2.24) is 20.5 Å². The molecule has 2 amide bonds. The fourth-order valence-electron chi connectivity index (χ4n) is 2.98. The molecular formula is C21H30N4O2S. The van der Waals surface area contributed by atoms with E-state index in [1.54, 1.807) is 12.3 Å². The molecule has 2 N–H and O–H groups in total. The van der Waals surface area contributed by atoms with Crippen LogP contribution in [0.5, 0.6) is 0 Å². The number of carbonyl (C=O) groups is 2. The predicted octanol–water partition coefficient (Wildman–Crippen LogP) is 3.41. The fraction of sp³-hybridized carbons (Fsp3) is 0.476. The van der Waals surface area contributed by atoms with Crippen molar-refractivity contribution in [2.75, 3.05) is 33.2 Å². The van der Waals surface area contributed by atoms with Crippen LogP contribution in [0.25, 0.3) is 10.6 Å². The maximum atomic E-state index is 13.1. The quantitative estimate of drug-likeness (QED) is 0.565. The highest BCUT2D eigenvalue weighted by molar-refractivity contribution is 7.13. The summed E-state index contributed by atoms with van der Waals surface area (Å²) >= 11 is 1.49. The minimum atomic E-state index is -0.166. The summed E-state index contributed by atoms with van der Waals surface area (Å²) < 4.78 is 0. The summed E-state index contributed by atoms with van der Waals surface area (Å²) in [6, 6.07) is 5.36.